The minimum atomic E-state index is -0.764. The van der Waals surface area contributed by atoms with Crippen molar-refractivity contribution in [3.8, 4) is 6.07 Å². The number of nitriles is 1. The molecular formula is C41H69N7O6. The Balaban J connectivity index is 2.27. The van der Waals surface area contributed by atoms with Crippen molar-refractivity contribution in [3.05, 3.63) is 29.8 Å². The van der Waals surface area contributed by atoms with E-state index in [1.807, 2.05) is 78.7 Å². The summed E-state index contributed by atoms with van der Waals surface area (Å²) < 4.78 is 12.0. The summed E-state index contributed by atoms with van der Waals surface area (Å²) in [6.45, 7) is 14.2. The molecule has 4 N–H and O–H groups in total. The molecule has 0 bridgehead atoms. The van der Waals surface area contributed by atoms with Gasteiger partial charge in [-0.2, -0.15) is 5.26 Å². The molecule has 0 aromatic heterocycles. The molecule has 9 atom stereocenters. The number of nitrogens with two attached hydrogens (primary N) is 1. The maximum Gasteiger partial charge on any atom is 0.245 e. The predicted octanol–water partition coefficient (Wildman–Crippen LogP) is 3.86. The number of nitrogens with one attached hydrogen (secondary N) is 2. The van der Waals surface area contributed by atoms with Gasteiger partial charge in [-0.15, -0.1) is 0 Å². The Morgan fingerprint density at radius 1 is 1.00 bits per heavy atom. The summed E-state index contributed by atoms with van der Waals surface area (Å²) in [6.07, 6.45) is 1.54. The van der Waals surface area contributed by atoms with E-state index in [1.165, 1.54) is 0 Å². The summed E-state index contributed by atoms with van der Waals surface area (Å²) in [4.78, 5) is 60.8. The normalized spacial score (nSPS) is 19.0. The maximum absolute atomic E-state index is 14.2. The van der Waals surface area contributed by atoms with Gasteiger partial charge < -0.3 is 35.6 Å². The van der Waals surface area contributed by atoms with Crippen molar-refractivity contribution in [2.75, 3.05) is 47.6 Å². The Kier molecular flexibility index (Phi) is 18.9. The average molecular weight is 756 g/mol. The van der Waals surface area contributed by atoms with Crippen LogP contribution in [-0.4, -0.2) is 123 Å². The number of amides is 4. The van der Waals surface area contributed by atoms with Gasteiger partial charge in [-0.05, 0) is 68.8 Å². The van der Waals surface area contributed by atoms with Crippen LogP contribution >= 0.6 is 0 Å². The molecule has 1 aliphatic heterocycles. The summed E-state index contributed by atoms with van der Waals surface area (Å²) in [5.74, 6) is -1.61. The minimum Gasteiger partial charge on any atom is -0.399 e. The van der Waals surface area contributed by atoms with Crippen molar-refractivity contribution in [2.45, 2.75) is 129 Å². The van der Waals surface area contributed by atoms with Crippen LogP contribution in [0, 0.1) is 35.0 Å². The Morgan fingerprint density at radius 3 is 2.19 bits per heavy atom. The van der Waals surface area contributed by atoms with Crippen molar-refractivity contribution in [3.63, 3.8) is 0 Å². The van der Waals surface area contributed by atoms with Gasteiger partial charge >= 0.3 is 0 Å². The highest BCUT2D eigenvalue weighted by Gasteiger charge is 2.43. The smallest absolute Gasteiger partial charge is 0.245 e. The predicted molar refractivity (Wildman–Crippen MR) is 212 cm³/mol. The van der Waals surface area contributed by atoms with Gasteiger partial charge in [0.15, 0.2) is 0 Å². The SMILES string of the molecule is CC[C@H](C)[C@@H]([C@@H](CC(=O)N1CCC[C@H]1[C@H](OC)[C@@H](C)C(=O)N[C@H](CC#N)Cc1cccc(N)c1)OC)N(C)C(=O)[C@@H](NC(=O)[C@@H](C(C)C)N(C)C)C(C)C. The lowest BCUT2D eigenvalue weighted by Crippen LogP contribution is -2.59. The number of rotatable bonds is 21. The Bertz CT molecular complexity index is 1410. The summed E-state index contributed by atoms with van der Waals surface area (Å²) in [6, 6.07) is 7.17. The molecule has 1 aliphatic rings. The quantitative estimate of drug-likeness (QED) is 0.158. The maximum atomic E-state index is 14.2. The van der Waals surface area contributed by atoms with E-state index in [9.17, 15) is 24.4 Å². The van der Waals surface area contributed by atoms with Crippen molar-refractivity contribution in [1.29, 1.82) is 5.26 Å². The van der Waals surface area contributed by atoms with Crippen molar-refractivity contribution in [1.82, 2.24) is 25.3 Å². The van der Waals surface area contributed by atoms with Crippen LogP contribution in [0.5, 0.6) is 0 Å². The van der Waals surface area contributed by atoms with Crippen LogP contribution in [0.3, 0.4) is 0 Å². The van der Waals surface area contributed by atoms with Gasteiger partial charge in [0.2, 0.25) is 23.6 Å². The highest BCUT2D eigenvalue weighted by atomic mass is 16.5. The third-order valence-electron chi connectivity index (χ3n) is 11.1. The lowest BCUT2D eigenvalue weighted by Gasteiger charge is -2.41. The number of hydrogen-bond donors (Lipinski definition) is 3. The molecule has 0 radical (unpaired) electrons. The molecule has 2 rings (SSSR count). The molecule has 1 fully saturated rings. The Labute approximate surface area is 324 Å². The molecule has 0 unspecified atom stereocenters. The fourth-order valence-corrected chi connectivity index (χ4v) is 8.03. The second kappa shape index (κ2) is 22.0. The number of ether oxygens (including phenoxy) is 2. The standard InChI is InChI=1S/C41H69N7O6/c1-13-27(6)37(47(10)41(52)35(25(2)3)45-40(51)36(26(4)5)46(8)9)33(53-11)24-34(49)48-21-15-18-32(48)38(54-12)28(7)39(50)44-31(19-20-42)23-29-16-14-17-30(43)22-29/h14,16-17,22,25-28,31-33,35-38H,13,15,18-19,21,23-24,43H2,1-12H3,(H,44,50)(H,45,51)/t27-,28+,31+,32-,33+,35-,36+,37-,38+/m0/s1. The fourth-order valence-electron chi connectivity index (χ4n) is 8.03. The first-order valence-corrected chi connectivity index (χ1v) is 19.5. The summed E-state index contributed by atoms with van der Waals surface area (Å²) >= 11 is 0. The van der Waals surface area contributed by atoms with E-state index in [1.54, 1.807) is 44.1 Å². The molecule has 54 heavy (non-hydrogen) atoms. The summed E-state index contributed by atoms with van der Waals surface area (Å²) in [5.41, 5.74) is 7.48. The summed E-state index contributed by atoms with van der Waals surface area (Å²) in [5, 5.41) is 15.6. The molecule has 1 saturated heterocycles. The van der Waals surface area contributed by atoms with E-state index >= 15 is 0 Å². The van der Waals surface area contributed by atoms with E-state index in [-0.39, 0.29) is 60.3 Å². The molecule has 0 aliphatic carbocycles. The van der Waals surface area contributed by atoms with Crippen LogP contribution in [0.1, 0.15) is 86.1 Å². The van der Waals surface area contributed by atoms with E-state index in [2.05, 4.69) is 16.7 Å². The zero-order valence-electron chi connectivity index (χ0n) is 34.9. The number of benzene rings is 1. The van der Waals surface area contributed by atoms with Crippen LogP contribution in [0.15, 0.2) is 24.3 Å². The molecule has 0 saturated carbocycles. The average Bonchev–Trinajstić information content (AvgIpc) is 3.59. The first-order valence-electron chi connectivity index (χ1n) is 19.5. The number of hydrogen-bond acceptors (Lipinski definition) is 9. The van der Waals surface area contributed by atoms with Gasteiger partial charge in [0, 0.05) is 39.5 Å². The Morgan fingerprint density at radius 2 is 1.67 bits per heavy atom. The molecule has 1 aromatic rings. The van der Waals surface area contributed by atoms with Crippen LogP contribution in [0.25, 0.3) is 0 Å². The number of methoxy groups -OCH3 is 2. The van der Waals surface area contributed by atoms with Crippen LogP contribution in [-0.2, 0) is 35.1 Å². The van der Waals surface area contributed by atoms with Crippen molar-refractivity contribution >= 4 is 29.3 Å². The number of likely N-dealkylation sites (N-methyl/N-ethyl adjacent to an activating group) is 2. The molecule has 1 heterocycles. The lowest BCUT2D eigenvalue weighted by atomic mass is 9.89. The lowest BCUT2D eigenvalue weighted by molar-refractivity contribution is -0.148. The van der Waals surface area contributed by atoms with Crippen molar-refractivity contribution < 1.29 is 28.7 Å². The second-order valence-corrected chi connectivity index (χ2v) is 16.0. The molecular weight excluding hydrogens is 686 g/mol. The van der Waals surface area contributed by atoms with Gasteiger partial charge in [-0.3, -0.25) is 24.1 Å². The number of nitrogens with zero attached hydrogens (tertiary/aromatic N) is 4. The van der Waals surface area contributed by atoms with Gasteiger partial charge in [0.05, 0.1) is 55.2 Å². The highest BCUT2D eigenvalue weighted by molar-refractivity contribution is 5.90. The van der Waals surface area contributed by atoms with Crippen molar-refractivity contribution in [2.24, 2.45) is 23.7 Å². The fraction of sp³-hybridized carbons (Fsp3) is 0.732. The minimum absolute atomic E-state index is 0.0237. The zero-order valence-corrected chi connectivity index (χ0v) is 34.9. The second-order valence-electron chi connectivity index (χ2n) is 16.0. The number of nitrogen functional groups attached to an aromatic ring is 1. The third-order valence-corrected chi connectivity index (χ3v) is 11.1. The van der Waals surface area contributed by atoms with Crippen LogP contribution in [0.4, 0.5) is 5.69 Å². The van der Waals surface area contributed by atoms with E-state index in [0.29, 0.717) is 25.1 Å². The monoisotopic (exact) mass is 756 g/mol. The molecule has 13 heteroatoms. The number of likely N-dealkylation sites (tertiary alicyclic amines) is 1. The first-order chi connectivity index (χ1) is 25.4. The largest absolute Gasteiger partial charge is 0.399 e. The van der Waals surface area contributed by atoms with Gasteiger partial charge in [-0.1, -0.05) is 67.0 Å². The third kappa shape index (κ3) is 12.4. The molecule has 4 amide bonds. The van der Waals surface area contributed by atoms with E-state index in [0.717, 1.165) is 18.4 Å². The molecule has 1 aromatic carbocycles. The van der Waals surface area contributed by atoms with E-state index in [4.69, 9.17) is 15.2 Å². The Hall–Kier alpha value is -3.73. The first kappa shape index (κ1) is 46.4. The topological polar surface area (TPSA) is 170 Å². The van der Waals surface area contributed by atoms with Crippen LogP contribution in [0.2, 0.25) is 0 Å². The number of carbonyl (C=O) groups excluding carboxylic acids is 4. The summed E-state index contributed by atoms with van der Waals surface area (Å²) in [7, 11) is 8.56. The zero-order chi connectivity index (χ0) is 40.9. The molecule has 0 spiro atoms. The van der Waals surface area contributed by atoms with E-state index < -0.39 is 42.3 Å². The van der Waals surface area contributed by atoms with Gasteiger partial charge in [-0.25, -0.2) is 0 Å². The van der Waals surface area contributed by atoms with Gasteiger partial charge in [0.25, 0.3) is 0 Å². The molecule has 13 nitrogen and oxygen atoms in total. The van der Waals surface area contributed by atoms with Gasteiger partial charge in [0.1, 0.15) is 6.04 Å². The van der Waals surface area contributed by atoms with Crippen LogP contribution < -0.4 is 16.4 Å². The molecule has 304 valence electrons. The number of anilines is 1. The highest BCUT2D eigenvalue weighted by Crippen LogP contribution is 2.30. The number of carbonyl (C=O) groups is 4.